The highest BCUT2D eigenvalue weighted by Crippen LogP contribution is 2.25. The van der Waals surface area contributed by atoms with Crippen molar-refractivity contribution in [3.05, 3.63) is 49.5 Å². The van der Waals surface area contributed by atoms with Gasteiger partial charge in [0, 0.05) is 18.8 Å². The molecule has 22 heavy (non-hydrogen) atoms. The molecular formula is C15H15ClN2O3S. The number of hydrogen-bond donors (Lipinski definition) is 0. The number of carbonyl (C=O) groups is 1. The summed E-state index contributed by atoms with van der Waals surface area (Å²) in [6.45, 7) is 2.89. The molecule has 1 aliphatic rings. The van der Waals surface area contributed by atoms with E-state index < -0.39 is 0 Å². The fourth-order valence-corrected chi connectivity index (χ4v) is 3.27. The summed E-state index contributed by atoms with van der Waals surface area (Å²) in [6, 6.07) is 6.74. The molecule has 0 bridgehead atoms. The zero-order valence-electron chi connectivity index (χ0n) is 12.2. The van der Waals surface area contributed by atoms with Crippen molar-refractivity contribution in [1.82, 2.24) is 9.47 Å². The minimum absolute atomic E-state index is 0.0306. The number of pyridine rings is 1. The van der Waals surface area contributed by atoms with E-state index in [9.17, 15) is 9.59 Å². The Morgan fingerprint density at radius 1 is 1.36 bits per heavy atom. The van der Waals surface area contributed by atoms with E-state index in [0.29, 0.717) is 28.1 Å². The van der Waals surface area contributed by atoms with Gasteiger partial charge in [-0.2, -0.15) is 0 Å². The number of nitrogens with zero attached hydrogens (tertiary/aromatic N) is 2. The third-order valence-electron chi connectivity index (χ3n) is 3.70. The van der Waals surface area contributed by atoms with Crippen LogP contribution in [0.2, 0.25) is 4.34 Å². The van der Waals surface area contributed by atoms with Gasteiger partial charge in [0.2, 0.25) is 0 Å². The summed E-state index contributed by atoms with van der Waals surface area (Å²) in [5.41, 5.74) is 0.735. The van der Waals surface area contributed by atoms with Crippen LogP contribution in [0.4, 0.5) is 0 Å². The molecule has 0 aliphatic carbocycles. The summed E-state index contributed by atoms with van der Waals surface area (Å²) in [5, 5.41) is 0. The summed E-state index contributed by atoms with van der Waals surface area (Å²) < 4.78 is 7.92. The maximum atomic E-state index is 12.2. The van der Waals surface area contributed by atoms with Gasteiger partial charge in [-0.15, -0.1) is 11.3 Å². The van der Waals surface area contributed by atoms with E-state index in [1.807, 2.05) is 13.0 Å². The third kappa shape index (κ3) is 2.89. The standard InChI is InChI=1S/C15H15ClN2O3S/c1-9-5-10(6-14(19)17(9)2)21-11-7-18(8-11)15(20)12-3-4-13(16)22-12/h3-6,11H,7-8H2,1-2H3. The molecule has 3 rings (SSSR count). The van der Waals surface area contributed by atoms with Crippen molar-refractivity contribution in [3.8, 4) is 5.75 Å². The van der Waals surface area contributed by atoms with E-state index in [1.54, 1.807) is 28.6 Å². The first-order valence-corrected chi connectivity index (χ1v) is 8.02. The van der Waals surface area contributed by atoms with Crippen LogP contribution in [0, 0.1) is 6.92 Å². The number of ether oxygens (including phenoxy) is 1. The zero-order chi connectivity index (χ0) is 15.9. The molecule has 0 radical (unpaired) electrons. The van der Waals surface area contributed by atoms with Gasteiger partial charge < -0.3 is 14.2 Å². The molecule has 7 heteroatoms. The molecule has 1 saturated heterocycles. The topological polar surface area (TPSA) is 51.5 Å². The highest BCUT2D eigenvalue weighted by molar-refractivity contribution is 7.17. The van der Waals surface area contributed by atoms with Crippen molar-refractivity contribution in [1.29, 1.82) is 0 Å². The minimum Gasteiger partial charge on any atom is -0.486 e. The number of halogens is 1. The Hall–Kier alpha value is -1.79. The lowest BCUT2D eigenvalue weighted by Gasteiger charge is -2.38. The predicted molar refractivity (Wildman–Crippen MR) is 86.1 cm³/mol. The van der Waals surface area contributed by atoms with Gasteiger partial charge in [0.1, 0.15) is 11.9 Å². The van der Waals surface area contributed by atoms with E-state index in [-0.39, 0.29) is 17.6 Å². The van der Waals surface area contributed by atoms with Crippen LogP contribution in [-0.4, -0.2) is 34.6 Å². The van der Waals surface area contributed by atoms with Gasteiger partial charge in [-0.05, 0) is 25.1 Å². The van der Waals surface area contributed by atoms with E-state index in [0.717, 1.165) is 5.69 Å². The molecule has 0 atom stereocenters. The molecule has 0 N–H and O–H groups in total. The molecule has 2 aromatic rings. The molecule has 0 saturated carbocycles. The molecule has 1 fully saturated rings. The molecule has 0 spiro atoms. The van der Waals surface area contributed by atoms with Crippen molar-refractivity contribution in [2.24, 2.45) is 7.05 Å². The quantitative estimate of drug-likeness (QED) is 0.863. The summed E-state index contributed by atoms with van der Waals surface area (Å²) in [5.74, 6) is 0.522. The number of aromatic nitrogens is 1. The molecule has 1 aliphatic heterocycles. The minimum atomic E-state index is -0.101. The Bertz CT molecular complexity index is 777. The number of carbonyl (C=O) groups excluding carboxylic acids is 1. The molecule has 1 amide bonds. The van der Waals surface area contributed by atoms with E-state index in [2.05, 4.69) is 0 Å². The number of hydrogen-bond acceptors (Lipinski definition) is 4. The van der Waals surface area contributed by atoms with E-state index >= 15 is 0 Å². The van der Waals surface area contributed by atoms with Crippen molar-refractivity contribution < 1.29 is 9.53 Å². The van der Waals surface area contributed by atoms with E-state index in [4.69, 9.17) is 16.3 Å². The molecule has 2 aromatic heterocycles. The Balaban J connectivity index is 1.60. The van der Waals surface area contributed by atoms with Crippen LogP contribution < -0.4 is 10.3 Å². The van der Waals surface area contributed by atoms with E-state index in [1.165, 1.54) is 17.4 Å². The van der Waals surface area contributed by atoms with Gasteiger partial charge in [-0.1, -0.05) is 11.6 Å². The predicted octanol–water partition coefficient (Wildman–Crippen LogP) is 2.31. The van der Waals surface area contributed by atoms with Crippen LogP contribution in [0.15, 0.2) is 29.1 Å². The maximum absolute atomic E-state index is 12.2. The Labute approximate surface area is 136 Å². The second-order valence-electron chi connectivity index (χ2n) is 5.28. The van der Waals surface area contributed by atoms with Crippen LogP contribution in [0.3, 0.4) is 0 Å². The van der Waals surface area contributed by atoms with Crippen LogP contribution in [0.1, 0.15) is 15.4 Å². The number of thiophene rings is 1. The smallest absolute Gasteiger partial charge is 0.264 e. The summed E-state index contributed by atoms with van der Waals surface area (Å²) in [4.78, 5) is 26.2. The van der Waals surface area contributed by atoms with Crippen LogP contribution >= 0.6 is 22.9 Å². The van der Waals surface area contributed by atoms with Crippen molar-refractivity contribution in [3.63, 3.8) is 0 Å². The molecule has 0 aromatic carbocycles. The van der Waals surface area contributed by atoms with Gasteiger partial charge in [0.05, 0.1) is 22.3 Å². The Morgan fingerprint density at radius 2 is 2.09 bits per heavy atom. The monoisotopic (exact) mass is 338 g/mol. The van der Waals surface area contributed by atoms with Crippen molar-refractivity contribution in [2.75, 3.05) is 13.1 Å². The second-order valence-corrected chi connectivity index (χ2v) is 7.00. The molecule has 116 valence electrons. The largest absolute Gasteiger partial charge is 0.486 e. The van der Waals surface area contributed by atoms with Crippen LogP contribution in [0.25, 0.3) is 0 Å². The lowest BCUT2D eigenvalue weighted by molar-refractivity contribution is 0.0180. The van der Waals surface area contributed by atoms with Gasteiger partial charge in [-0.3, -0.25) is 9.59 Å². The fraction of sp³-hybridized carbons (Fsp3) is 0.333. The third-order valence-corrected chi connectivity index (χ3v) is 4.92. The highest BCUT2D eigenvalue weighted by Gasteiger charge is 2.33. The van der Waals surface area contributed by atoms with Gasteiger partial charge in [0.15, 0.2) is 0 Å². The molecule has 5 nitrogen and oxygen atoms in total. The van der Waals surface area contributed by atoms with Crippen LogP contribution in [-0.2, 0) is 7.05 Å². The van der Waals surface area contributed by atoms with Crippen LogP contribution in [0.5, 0.6) is 5.75 Å². The van der Waals surface area contributed by atoms with Gasteiger partial charge >= 0.3 is 0 Å². The summed E-state index contributed by atoms with van der Waals surface area (Å²) in [6.07, 6.45) is -0.0779. The fourth-order valence-electron chi connectivity index (χ4n) is 2.26. The highest BCUT2D eigenvalue weighted by atomic mass is 35.5. The molecule has 0 unspecified atom stereocenters. The number of aryl methyl sites for hydroxylation is 1. The average molecular weight is 339 g/mol. The molecular weight excluding hydrogens is 324 g/mol. The first-order chi connectivity index (χ1) is 10.4. The van der Waals surface area contributed by atoms with Crippen molar-refractivity contribution in [2.45, 2.75) is 13.0 Å². The van der Waals surface area contributed by atoms with Gasteiger partial charge in [-0.25, -0.2) is 0 Å². The number of rotatable bonds is 3. The Kier molecular flexibility index (Phi) is 3.97. The average Bonchev–Trinajstić information content (AvgIpc) is 2.85. The zero-order valence-corrected chi connectivity index (χ0v) is 13.8. The molecule has 3 heterocycles. The maximum Gasteiger partial charge on any atom is 0.264 e. The first kappa shape index (κ1) is 15.1. The summed E-state index contributed by atoms with van der Waals surface area (Å²) in [7, 11) is 1.72. The number of amides is 1. The number of likely N-dealkylation sites (tertiary alicyclic amines) is 1. The lowest BCUT2D eigenvalue weighted by Crippen LogP contribution is -2.56. The SMILES string of the molecule is Cc1cc(OC2CN(C(=O)c3ccc(Cl)s3)C2)cc(=O)n1C. The summed E-state index contributed by atoms with van der Waals surface area (Å²) >= 11 is 7.11. The van der Waals surface area contributed by atoms with Crippen molar-refractivity contribution >= 4 is 28.8 Å². The second kappa shape index (κ2) is 5.78. The lowest BCUT2D eigenvalue weighted by atomic mass is 10.1. The van der Waals surface area contributed by atoms with Gasteiger partial charge in [0.25, 0.3) is 11.5 Å². The normalized spacial score (nSPS) is 14.8. The Morgan fingerprint density at radius 3 is 2.68 bits per heavy atom. The first-order valence-electron chi connectivity index (χ1n) is 6.83.